The molecule has 1 heteroatoms. The summed E-state index contributed by atoms with van der Waals surface area (Å²) in [4.78, 5) is 11.6. The molecular weight excluding hydrogens is 208 g/mol. The van der Waals surface area contributed by atoms with Crippen LogP contribution in [0.4, 0.5) is 0 Å². The molecule has 94 valence electrons. The molecule has 5 unspecified atom stereocenters. The van der Waals surface area contributed by atoms with Gasteiger partial charge in [0.2, 0.25) is 0 Å². The van der Waals surface area contributed by atoms with Crippen LogP contribution in [0.1, 0.15) is 53.4 Å². The van der Waals surface area contributed by atoms with Crippen molar-refractivity contribution in [3.05, 3.63) is 0 Å². The fourth-order valence-corrected chi connectivity index (χ4v) is 7.53. The fraction of sp³-hybridized carbons (Fsp3) is 0.938. The molecule has 5 aliphatic rings. The van der Waals surface area contributed by atoms with Crippen molar-refractivity contribution >= 4 is 6.29 Å². The van der Waals surface area contributed by atoms with E-state index < -0.39 is 0 Å². The normalized spacial score (nSPS) is 59.9. The van der Waals surface area contributed by atoms with Crippen molar-refractivity contribution in [3.63, 3.8) is 0 Å². The van der Waals surface area contributed by atoms with Crippen LogP contribution < -0.4 is 0 Å². The highest BCUT2D eigenvalue weighted by Gasteiger charge is 2.95. The van der Waals surface area contributed by atoms with Crippen LogP contribution in [0.15, 0.2) is 0 Å². The lowest BCUT2D eigenvalue weighted by Crippen LogP contribution is -2.42. The molecular formula is C16H24O. The van der Waals surface area contributed by atoms with Gasteiger partial charge in [-0.1, -0.05) is 27.7 Å². The standard InChI is InChI=1S/C16H24O/c1-13(2)6-5-10(9-17)16-12-7-11(14(16,3)4)8-15(12,13)16/h9-12H,5-8H2,1-4H3. The van der Waals surface area contributed by atoms with Gasteiger partial charge in [-0.3, -0.25) is 0 Å². The molecule has 1 nitrogen and oxygen atoms in total. The number of hydrogen-bond acceptors (Lipinski definition) is 1. The highest BCUT2D eigenvalue weighted by Crippen LogP contribution is 3.00. The summed E-state index contributed by atoms with van der Waals surface area (Å²) >= 11 is 0. The van der Waals surface area contributed by atoms with Gasteiger partial charge in [0.05, 0.1) is 0 Å². The van der Waals surface area contributed by atoms with Crippen LogP contribution in [0, 0.1) is 39.4 Å². The Hall–Kier alpha value is -0.330. The van der Waals surface area contributed by atoms with Crippen LogP contribution in [-0.2, 0) is 4.79 Å². The minimum Gasteiger partial charge on any atom is -0.303 e. The Morgan fingerprint density at radius 2 is 1.88 bits per heavy atom. The minimum atomic E-state index is 0.364. The predicted molar refractivity (Wildman–Crippen MR) is 67.4 cm³/mol. The van der Waals surface area contributed by atoms with Crippen molar-refractivity contribution in [2.45, 2.75) is 53.4 Å². The highest BCUT2D eigenvalue weighted by molar-refractivity contribution is 5.62. The van der Waals surface area contributed by atoms with Gasteiger partial charge in [0.15, 0.2) is 0 Å². The first kappa shape index (κ1) is 10.6. The van der Waals surface area contributed by atoms with Crippen molar-refractivity contribution in [1.29, 1.82) is 0 Å². The molecule has 0 heterocycles. The lowest BCUT2D eigenvalue weighted by atomic mass is 9.57. The largest absolute Gasteiger partial charge is 0.303 e. The SMILES string of the molecule is CC1(C)CCC(C=O)C23C4CC(CC412)C3(C)C. The van der Waals surface area contributed by atoms with Crippen LogP contribution in [-0.4, -0.2) is 6.29 Å². The summed E-state index contributed by atoms with van der Waals surface area (Å²) in [7, 11) is 0. The molecule has 5 fully saturated rings. The molecule has 5 atom stereocenters. The third-order valence-corrected chi connectivity index (χ3v) is 8.01. The predicted octanol–water partition coefficient (Wildman–Crippen LogP) is 3.67. The van der Waals surface area contributed by atoms with Gasteiger partial charge in [-0.05, 0) is 59.2 Å². The molecule has 0 aliphatic heterocycles. The molecule has 2 spiro atoms. The van der Waals surface area contributed by atoms with E-state index in [2.05, 4.69) is 27.7 Å². The maximum atomic E-state index is 11.6. The maximum absolute atomic E-state index is 11.6. The first-order valence-corrected chi connectivity index (χ1v) is 7.31. The minimum absolute atomic E-state index is 0.364. The van der Waals surface area contributed by atoms with Crippen molar-refractivity contribution in [1.82, 2.24) is 0 Å². The molecule has 0 saturated heterocycles. The Morgan fingerprint density at radius 1 is 1.18 bits per heavy atom. The van der Waals surface area contributed by atoms with E-state index in [-0.39, 0.29) is 0 Å². The quantitative estimate of drug-likeness (QED) is 0.630. The zero-order valence-electron chi connectivity index (χ0n) is 11.5. The smallest absolute Gasteiger partial charge is 0.123 e. The van der Waals surface area contributed by atoms with E-state index in [1.807, 2.05) is 0 Å². The second-order valence-corrected chi connectivity index (χ2v) is 8.42. The summed E-state index contributed by atoms with van der Waals surface area (Å²) in [6.07, 6.45) is 6.56. The van der Waals surface area contributed by atoms with E-state index in [0.717, 1.165) is 18.3 Å². The van der Waals surface area contributed by atoms with E-state index in [1.54, 1.807) is 0 Å². The monoisotopic (exact) mass is 232 g/mol. The Labute approximate surface area is 104 Å². The maximum Gasteiger partial charge on any atom is 0.123 e. The van der Waals surface area contributed by atoms with E-state index in [9.17, 15) is 4.79 Å². The average Bonchev–Trinajstić information content (AvgIpc) is 2.53. The van der Waals surface area contributed by atoms with Gasteiger partial charge >= 0.3 is 0 Å². The summed E-state index contributed by atoms with van der Waals surface area (Å²) < 4.78 is 0. The summed E-state index contributed by atoms with van der Waals surface area (Å²) in [5.74, 6) is 2.14. The first-order valence-electron chi connectivity index (χ1n) is 7.31. The molecule has 0 radical (unpaired) electrons. The van der Waals surface area contributed by atoms with Gasteiger partial charge in [-0.15, -0.1) is 0 Å². The zero-order chi connectivity index (χ0) is 12.3. The molecule has 5 saturated carbocycles. The molecule has 5 rings (SSSR count). The second kappa shape index (κ2) is 2.38. The Balaban J connectivity index is 1.95. The van der Waals surface area contributed by atoms with Gasteiger partial charge in [-0.25, -0.2) is 0 Å². The first-order chi connectivity index (χ1) is 7.86. The third-order valence-electron chi connectivity index (χ3n) is 8.01. The topological polar surface area (TPSA) is 17.1 Å². The number of aldehydes is 1. The number of rotatable bonds is 1. The van der Waals surface area contributed by atoms with E-state index >= 15 is 0 Å². The van der Waals surface area contributed by atoms with E-state index in [0.29, 0.717) is 27.6 Å². The highest BCUT2D eigenvalue weighted by atomic mass is 16.1. The van der Waals surface area contributed by atoms with E-state index in [4.69, 9.17) is 0 Å². The molecule has 0 aromatic rings. The molecule has 4 bridgehead atoms. The molecule has 5 aliphatic carbocycles. The van der Waals surface area contributed by atoms with Crippen LogP contribution >= 0.6 is 0 Å². The Kier molecular flexibility index (Phi) is 1.48. The van der Waals surface area contributed by atoms with Gasteiger partial charge in [0, 0.05) is 5.92 Å². The van der Waals surface area contributed by atoms with Crippen molar-refractivity contribution in [2.75, 3.05) is 0 Å². The van der Waals surface area contributed by atoms with Gasteiger partial charge < -0.3 is 4.79 Å². The van der Waals surface area contributed by atoms with Crippen molar-refractivity contribution < 1.29 is 4.79 Å². The average molecular weight is 232 g/mol. The molecule has 0 aromatic carbocycles. The second-order valence-electron chi connectivity index (χ2n) is 8.42. The van der Waals surface area contributed by atoms with Crippen LogP contribution in [0.5, 0.6) is 0 Å². The summed E-state index contributed by atoms with van der Waals surface area (Å²) in [5, 5.41) is 0. The Bertz CT molecular complexity index is 421. The lowest BCUT2D eigenvalue weighted by molar-refractivity contribution is -0.118. The summed E-state index contributed by atoms with van der Waals surface area (Å²) in [6, 6.07) is 0. The number of hydrogen-bond donors (Lipinski definition) is 0. The summed E-state index contributed by atoms with van der Waals surface area (Å²) in [6.45, 7) is 9.88. The van der Waals surface area contributed by atoms with Crippen LogP contribution in [0.2, 0.25) is 0 Å². The molecule has 0 N–H and O–H groups in total. The molecule has 17 heavy (non-hydrogen) atoms. The summed E-state index contributed by atoms with van der Waals surface area (Å²) in [5.41, 5.74) is 1.83. The lowest BCUT2D eigenvalue weighted by Gasteiger charge is -2.46. The Morgan fingerprint density at radius 3 is 2.47 bits per heavy atom. The van der Waals surface area contributed by atoms with Gasteiger partial charge in [-0.2, -0.15) is 0 Å². The fourth-order valence-electron chi connectivity index (χ4n) is 7.53. The van der Waals surface area contributed by atoms with Crippen LogP contribution in [0.3, 0.4) is 0 Å². The van der Waals surface area contributed by atoms with E-state index in [1.165, 1.54) is 25.5 Å². The van der Waals surface area contributed by atoms with Crippen molar-refractivity contribution in [3.8, 4) is 0 Å². The van der Waals surface area contributed by atoms with Crippen molar-refractivity contribution in [2.24, 2.45) is 39.4 Å². The van der Waals surface area contributed by atoms with Crippen LogP contribution in [0.25, 0.3) is 0 Å². The number of carbonyl (C=O) groups excluding carboxylic acids is 1. The zero-order valence-corrected chi connectivity index (χ0v) is 11.5. The van der Waals surface area contributed by atoms with Gasteiger partial charge in [0.25, 0.3) is 0 Å². The molecule has 0 aromatic heterocycles. The third kappa shape index (κ3) is 0.679. The number of carbonyl (C=O) groups is 1. The van der Waals surface area contributed by atoms with Gasteiger partial charge in [0.1, 0.15) is 6.29 Å². The molecule has 0 amide bonds.